The molecule has 1 saturated carbocycles. The van der Waals surface area contributed by atoms with Crippen molar-refractivity contribution in [1.29, 1.82) is 0 Å². The summed E-state index contributed by atoms with van der Waals surface area (Å²) in [5, 5.41) is 0. The number of nitrogens with one attached hydrogen (secondary N) is 1. The van der Waals surface area contributed by atoms with Gasteiger partial charge in [-0.15, -0.1) is 0 Å². The van der Waals surface area contributed by atoms with Crippen molar-refractivity contribution in [3.05, 3.63) is 23.8 Å². The molecule has 0 radical (unpaired) electrons. The Bertz CT molecular complexity index is 548. The van der Waals surface area contributed by atoms with Gasteiger partial charge in [0.15, 0.2) is 0 Å². The Labute approximate surface area is 121 Å². The van der Waals surface area contributed by atoms with Gasteiger partial charge in [-0.2, -0.15) is 0 Å². The zero-order valence-electron chi connectivity index (χ0n) is 12.2. The molecule has 1 N–H and O–H groups in total. The van der Waals surface area contributed by atoms with Gasteiger partial charge in [-0.25, -0.2) is 13.1 Å². The van der Waals surface area contributed by atoms with E-state index in [1.54, 1.807) is 25.3 Å². The summed E-state index contributed by atoms with van der Waals surface area (Å²) in [4.78, 5) is 0.312. The monoisotopic (exact) mass is 297 g/mol. The van der Waals surface area contributed by atoms with Gasteiger partial charge in [-0.3, -0.25) is 0 Å². The van der Waals surface area contributed by atoms with Crippen LogP contribution in [0.15, 0.2) is 23.1 Å². The minimum absolute atomic E-state index is 0.312. The standard InChI is InChI=1S/C15H23NO3S/c1-12-10-14(8-9-15(12)19-2)20(17,18)16-11-13-6-4-3-5-7-13/h8-10,13,16H,3-7,11H2,1-2H3. The van der Waals surface area contributed by atoms with Gasteiger partial charge in [0, 0.05) is 6.54 Å². The van der Waals surface area contributed by atoms with Crippen molar-refractivity contribution in [2.24, 2.45) is 5.92 Å². The number of aryl methyl sites for hydroxylation is 1. The van der Waals surface area contributed by atoms with Gasteiger partial charge >= 0.3 is 0 Å². The molecule has 0 spiro atoms. The first kappa shape index (κ1) is 15.3. The second-order valence-electron chi connectivity index (χ2n) is 5.49. The van der Waals surface area contributed by atoms with Crippen molar-refractivity contribution >= 4 is 10.0 Å². The van der Waals surface area contributed by atoms with Crippen LogP contribution in [0.25, 0.3) is 0 Å². The summed E-state index contributed by atoms with van der Waals surface area (Å²) < 4.78 is 32.4. The van der Waals surface area contributed by atoms with E-state index < -0.39 is 10.0 Å². The fourth-order valence-corrected chi connectivity index (χ4v) is 3.92. The molecular weight excluding hydrogens is 274 g/mol. The maximum Gasteiger partial charge on any atom is 0.240 e. The maximum atomic E-state index is 12.3. The first-order valence-electron chi connectivity index (χ1n) is 7.17. The Hall–Kier alpha value is -1.07. The molecule has 1 aliphatic rings. The second kappa shape index (κ2) is 6.59. The molecule has 1 fully saturated rings. The lowest BCUT2D eigenvalue weighted by Gasteiger charge is -2.21. The minimum Gasteiger partial charge on any atom is -0.496 e. The summed E-state index contributed by atoms with van der Waals surface area (Å²) in [5.74, 6) is 1.19. The third-order valence-corrected chi connectivity index (χ3v) is 5.38. The SMILES string of the molecule is COc1ccc(S(=O)(=O)NCC2CCCCC2)cc1C. The van der Waals surface area contributed by atoms with Gasteiger partial charge in [0.2, 0.25) is 10.0 Å². The number of benzene rings is 1. The molecule has 0 saturated heterocycles. The molecule has 5 heteroatoms. The Kier molecular flexibility index (Phi) is 5.05. The molecule has 1 aromatic carbocycles. The molecular formula is C15H23NO3S. The molecule has 0 aromatic heterocycles. The van der Waals surface area contributed by atoms with Gasteiger partial charge in [0.1, 0.15) is 5.75 Å². The smallest absolute Gasteiger partial charge is 0.240 e. The number of ether oxygens (including phenoxy) is 1. The molecule has 0 amide bonds. The highest BCUT2D eigenvalue weighted by Crippen LogP contribution is 2.24. The van der Waals surface area contributed by atoms with Crippen molar-refractivity contribution in [2.45, 2.75) is 43.9 Å². The molecule has 0 heterocycles. The molecule has 1 aromatic rings. The normalized spacial score (nSPS) is 17.1. The van der Waals surface area contributed by atoms with E-state index in [0.29, 0.717) is 23.1 Å². The van der Waals surface area contributed by atoms with Crippen molar-refractivity contribution in [3.8, 4) is 5.75 Å². The van der Waals surface area contributed by atoms with E-state index in [9.17, 15) is 8.42 Å². The molecule has 2 rings (SSSR count). The lowest BCUT2D eigenvalue weighted by Crippen LogP contribution is -2.30. The number of hydrogen-bond donors (Lipinski definition) is 1. The summed E-state index contributed by atoms with van der Waals surface area (Å²) in [7, 11) is -1.83. The van der Waals surface area contributed by atoms with Crippen LogP contribution in [0.3, 0.4) is 0 Å². The number of hydrogen-bond acceptors (Lipinski definition) is 3. The lowest BCUT2D eigenvalue weighted by atomic mass is 9.90. The van der Waals surface area contributed by atoms with E-state index in [4.69, 9.17) is 4.74 Å². The third kappa shape index (κ3) is 3.73. The Balaban J connectivity index is 2.04. The van der Waals surface area contributed by atoms with Gasteiger partial charge in [0.05, 0.1) is 12.0 Å². The third-order valence-electron chi connectivity index (χ3n) is 3.96. The fourth-order valence-electron chi connectivity index (χ4n) is 2.72. The Morgan fingerprint density at radius 2 is 1.95 bits per heavy atom. The van der Waals surface area contributed by atoms with E-state index in [-0.39, 0.29) is 0 Å². The lowest BCUT2D eigenvalue weighted by molar-refractivity contribution is 0.357. The topological polar surface area (TPSA) is 55.4 Å². The Morgan fingerprint density at radius 3 is 2.55 bits per heavy atom. The van der Waals surface area contributed by atoms with E-state index in [1.807, 2.05) is 6.92 Å². The molecule has 20 heavy (non-hydrogen) atoms. The highest BCUT2D eigenvalue weighted by atomic mass is 32.2. The quantitative estimate of drug-likeness (QED) is 0.909. The van der Waals surface area contributed by atoms with Crippen LogP contribution >= 0.6 is 0 Å². The highest BCUT2D eigenvalue weighted by Gasteiger charge is 2.19. The van der Waals surface area contributed by atoms with Crippen LogP contribution in [0.5, 0.6) is 5.75 Å². The molecule has 0 bridgehead atoms. The fraction of sp³-hybridized carbons (Fsp3) is 0.600. The molecule has 0 aliphatic heterocycles. The van der Waals surface area contributed by atoms with E-state index >= 15 is 0 Å². The van der Waals surface area contributed by atoms with Crippen LogP contribution in [0.4, 0.5) is 0 Å². The first-order chi connectivity index (χ1) is 9.53. The van der Waals surface area contributed by atoms with Gasteiger partial charge < -0.3 is 4.74 Å². The zero-order chi connectivity index (χ0) is 14.6. The van der Waals surface area contributed by atoms with Crippen LogP contribution < -0.4 is 9.46 Å². The summed E-state index contributed by atoms with van der Waals surface area (Å²) in [6.07, 6.45) is 5.97. The van der Waals surface area contributed by atoms with Crippen molar-refractivity contribution in [3.63, 3.8) is 0 Å². The number of sulfonamides is 1. The molecule has 112 valence electrons. The molecule has 0 atom stereocenters. The summed E-state index contributed by atoms with van der Waals surface area (Å²) in [6, 6.07) is 4.95. The number of rotatable bonds is 5. The largest absolute Gasteiger partial charge is 0.496 e. The Morgan fingerprint density at radius 1 is 1.25 bits per heavy atom. The molecule has 1 aliphatic carbocycles. The average molecular weight is 297 g/mol. The zero-order valence-corrected chi connectivity index (χ0v) is 13.0. The second-order valence-corrected chi connectivity index (χ2v) is 7.25. The number of methoxy groups -OCH3 is 1. The van der Waals surface area contributed by atoms with E-state index in [0.717, 1.165) is 18.4 Å². The predicted octanol–water partition coefficient (Wildman–Crippen LogP) is 2.86. The van der Waals surface area contributed by atoms with Crippen LogP contribution in [0, 0.1) is 12.8 Å². The molecule has 0 unspecified atom stereocenters. The van der Waals surface area contributed by atoms with Gasteiger partial charge in [-0.05, 0) is 49.4 Å². The highest BCUT2D eigenvalue weighted by molar-refractivity contribution is 7.89. The summed E-state index contributed by atoms with van der Waals surface area (Å²) in [5.41, 5.74) is 0.827. The van der Waals surface area contributed by atoms with Crippen LogP contribution in [-0.2, 0) is 10.0 Å². The average Bonchev–Trinajstić information content (AvgIpc) is 2.46. The van der Waals surface area contributed by atoms with Crippen LogP contribution in [0.2, 0.25) is 0 Å². The first-order valence-corrected chi connectivity index (χ1v) is 8.65. The maximum absolute atomic E-state index is 12.3. The minimum atomic E-state index is -3.41. The molecule has 4 nitrogen and oxygen atoms in total. The van der Waals surface area contributed by atoms with Gasteiger partial charge in [0.25, 0.3) is 0 Å². The van der Waals surface area contributed by atoms with Crippen molar-refractivity contribution < 1.29 is 13.2 Å². The summed E-state index contributed by atoms with van der Waals surface area (Å²) >= 11 is 0. The van der Waals surface area contributed by atoms with E-state index in [2.05, 4.69) is 4.72 Å². The predicted molar refractivity (Wildman–Crippen MR) is 79.5 cm³/mol. The van der Waals surface area contributed by atoms with Crippen LogP contribution in [-0.4, -0.2) is 22.1 Å². The van der Waals surface area contributed by atoms with E-state index in [1.165, 1.54) is 19.3 Å². The van der Waals surface area contributed by atoms with Crippen molar-refractivity contribution in [2.75, 3.05) is 13.7 Å². The van der Waals surface area contributed by atoms with Gasteiger partial charge in [-0.1, -0.05) is 19.3 Å². The summed E-state index contributed by atoms with van der Waals surface area (Å²) in [6.45, 7) is 2.40. The van der Waals surface area contributed by atoms with Crippen LogP contribution in [0.1, 0.15) is 37.7 Å². The van der Waals surface area contributed by atoms with Crippen molar-refractivity contribution in [1.82, 2.24) is 4.72 Å².